The average molecular weight is 257 g/mol. The summed E-state index contributed by atoms with van der Waals surface area (Å²) < 4.78 is 2.30. The van der Waals surface area contributed by atoms with Gasteiger partial charge in [-0.25, -0.2) is 4.98 Å². The van der Waals surface area contributed by atoms with Crippen LogP contribution in [0.1, 0.15) is 32.5 Å². The number of imidazole rings is 1. The van der Waals surface area contributed by atoms with Crippen molar-refractivity contribution >= 4 is 11.0 Å². The summed E-state index contributed by atoms with van der Waals surface area (Å²) in [6.45, 7) is 5.43. The van der Waals surface area contributed by atoms with Crippen LogP contribution in [0.2, 0.25) is 0 Å². The lowest BCUT2D eigenvalue weighted by molar-refractivity contribution is 0.396. The van der Waals surface area contributed by atoms with Crippen LogP contribution in [0.4, 0.5) is 0 Å². The van der Waals surface area contributed by atoms with E-state index in [9.17, 15) is 0 Å². The number of rotatable bonds is 5. The van der Waals surface area contributed by atoms with Gasteiger partial charge in [-0.3, -0.25) is 0 Å². The Bertz CT molecular complexity index is 568. The highest BCUT2D eigenvalue weighted by Crippen LogP contribution is 2.38. The van der Waals surface area contributed by atoms with Crippen molar-refractivity contribution < 1.29 is 0 Å². The molecule has 0 spiro atoms. The van der Waals surface area contributed by atoms with Crippen molar-refractivity contribution in [1.82, 2.24) is 9.55 Å². The summed E-state index contributed by atoms with van der Waals surface area (Å²) in [6.07, 6.45) is 3.61. The van der Waals surface area contributed by atoms with Crippen molar-refractivity contribution in [3.05, 3.63) is 30.1 Å². The van der Waals surface area contributed by atoms with Gasteiger partial charge in [-0.1, -0.05) is 19.1 Å². The standard InChI is InChI=1S/C16H23N3/c1-3-19-15-7-5-4-6-14(15)18-16(19)10-13(17)11(2)12-8-9-12/h4-7,11-13H,3,8-10,17H2,1-2H3. The number of nitrogens with two attached hydrogens (primary N) is 1. The van der Waals surface area contributed by atoms with Crippen LogP contribution in [-0.4, -0.2) is 15.6 Å². The molecular weight excluding hydrogens is 234 g/mol. The lowest BCUT2D eigenvalue weighted by Gasteiger charge is -2.19. The minimum Gasteiger partial charge on any atom is -0.328 e. The predicted molar refractivity (Wildman–Crippen MR) is 79.0 cm³/mol. The minimum absolute atomic E-state index is 0.231. The van der Waals surface area contributed by atoms with Crippen LogP contribution in [0.5, 0.6) is 0 Å². The number of para-hydroxylation sites is 2. The summed E-state index contributed by atoms with van der Waals surface area (Å²) in [4.78, 5) is 4.77. The second kappa shape index (κ2) is 4.97. The van der Waals surface area contributed by atoms with Gasteiger partial charge in [0.05, 0.1) is 11.0 Å². The summed E-state index contributed by atoms with van der Waals surface area (Å²) in [5.41, 5.74) is 8.70. The first kappa shape index (κ1) is 12.7. The quantitative estimate of drug-likeness (QED) is 0.895. The Balaban J connectivity index is 1.87. The molecule has 1 aliphatic carbocycles. The molecule has 1 aromatic carbocycles. The average Bonchev–Trinajstić information content (AvgIpc) is 3.20. The molecule has 19 heavy (non-hydrogen) atoms. The third-order valence-corrected chi connectivity index (χ3v) is 4.51. The van der Waals surface area contributed by atoms with Crippen molar-refractivity contribution in [2.24, 2.45) is 17.6 Å². The molecule has 0 bridgehead atoms. The van der Waals surface area contributed by atoms with E-state index < -0.39 is 0 Å². The Morgan fingerprint density at radius 3 is 2.79 bits per heavy atom. The Labute approximate surface area is 114 Å². The van der Waals surface area contributed by atoms with Gasteiger partial charge in [-0.2, -0.15) is 0 Å². The molecule has 1 aliphatic rings. The van der Waals surface area contributed by atoms with Crippen LogP contribution in [0, 0.1) is 11.8 Å². The molecule has 102 valence electrons. The monoisotopic (exact) mass is 257 g/mol. The third-order valence-electron chi connectivity index (χ3n) is 4.51. The van der Waals surface area contributed by atoms with Crippen molar-refractivity contribution in [3.63, 3.8) is 0 Å². The first-order chi connectivity index (χ1) is 9.20. The molecule has 1 saturated carbocycles. The number of aromatic nitrogens is 2. The molecule has 3 nitrogen and oxygen atoms in total. The number of fused-ring (bicyclic) bond motifs is 1. The number of hydrogen-bond donors (Lipinski definition) is 1. The number of nitrogens with zero attached hydrogens (tertiary/aromatic N) is 2. The van der Waals surface area contributed by atoms with Gasteiger partial charge in [0.2, 0.25) is 0 Å². The molecule has 1 aromatic heterocycles. The molecular formula is C16H23N3. The summed E-state index contributed by atoms with van der Waals surface area (Å²) in [6, 6.07) is 8.58. The summed E-state index contributed by atoms with van der Waals surface area (Å²) in [7, 11) is 0. The Hall–Kier alpha value is -1.35. The van der Waals surface area contributed by atoms with Crippen LogP contribution >= 0.6 is 0 Å². The smallest absolute Gasteiger partial charge is 0.111 e. The molecule has 0 saturated heterocycles. The minimum atomic E-state index is 0.231. The number of benzene rings is 1. The van der Waals surface area contributed by atoms with Crippen LogP contribution < -0.4 is 5.73 Å². The molecule has 1 heterocycles. The molecule has 1 fully saturated rings. The molecule has 3 heteroatoms. The van der Waals surface area contributed by atoms with E-state index in [4.69, 9.17) is 10.7 Å². The van der Waals surface area contributed by atoms with E-state index in [0.717, 1.165) is 30.2 Å². The zero-order valence-electron chi connectivity index (χ0n) is 11.8. The lowest BCUT2D eigenvalue weighted by Crippen LogP contribution is -2.32. The highest BCUT2D eigenvalue weighted by Gasteiger charge is 2.32. The molecule has 2 unspecified atom stereocenters. The summed E-state index contributed by atoms with van der Waals surface area (Å²) in [5.74, 6) is 2.61. The van der Waals surface area contributed by atoms with Crippen LogP contribution in [-0.2, 0) is 13.0 Å². The maximum atomic E-state index is 6.38. The van der Waals surface area contributed by atoms with Crippen molar-refractivity contribution in [2.75, 3.05) is 0 Å². The second-order valence-electron chi connectivity index (χ2n) is 5.83. The maximum absolute atomic E-state index is 6.38. The largest absolute Gasteiger partial charge is 0.328 e. The van der Waals surface area contributed by atoms with Crippen molar-refractivity contribution in [3.8, 4) is 0 Å². The molecule has 0 amide bonds. The van der Waals surface area contributed by atoms with Crippen LogP contribution in [0.25, 0.3) is 11.0 Å². The molecule has 3 rings (SSSR count). The normalized spacial score (nSPS) is 18.7. The first-order valence-corrected chi connectivity index (χ1v) is 7.40. The molecule has 2 atom stereocenters. The fourth-order valence-corrected chi connectivity index (χ4v) is 3.00. The zero-order valence-corrected chi connectivity index (χ0v) is 11.8. The first-order valence-electron chi connectivity index (χ1n) is 7.40. The molecule has 0 aliphatic heterocycles. The van der Waals surface area contributed by atoms with E-state index >= 15 is 0 Å². The van der Waals surface area contributed by atoms with Gasteiger partial charge >= 0.3 is 0 Å². The summed E-state index contributed by atoms with van der Waals surface area (Å²) in [5, 5.41) is 0. The van der Waals surface area contributed by atoms with Gasteiger partial charge in [0.15, 0.2) is 0 Å². The van der Waals surface area contributed by atoms with Gasteiger partial charge in [-0.15, -0.1) is 0 Å². The van der Waals surface area contributed by atoms with Gasteiger partial charge < -0.3 is 10.3 Å². The zero-order chi connectivity index (χ0) is 13.4. The lowest BCUT2D eigenvalue weighted by atomic mass is 9.95. The van der Waals surface area contributed by atoms with Crippen LogP contribution in [0.3, 0.4) is 0 Å². The molecule has 2 N–H and O–H groups in total. The number of hydrogen-bond acceptors (Lipinski definition) is 2. The maximum Gasteiger partial charge on any atom is 0.111 e. The van der Waals surface area contributed by atoms with Gasteiger partial charge in [0.1, 0.15) is 5.82 Å². The molecule has 2 aromatic rings. The topological polar surface area (TPSA) is 43.8 Å². The van der Waals surface area contributed by atoms with E-state index in [1.165, 1.54) is 18.4 Å². The van der Waals surface area contributed by atoms with Crippen molar-refractivity contribution in [2.45, 2.75) is 45.7 Å². The fraction of sp³-hybridized carbons (Fsp3) is 0.562. The highest BCUT2D eigenvalue weighted by atomic mass is 15.1. The third kappa shape index (κ3) is 2.39. The number of aryl methyl sites for hydroxylation is 1. The van der Waals surface area contributed by atoms with Crippen molar-refractivity contribution in [1.29, 1.82) is 0 Å². The van der Waals surface area contributed by atoms with E-state index in [1.54, 1.807) is 0 Å². The highest BCUT2D eigenvalue weighted by molar-refractivity contribution is 5.75. The van der Waals surface area contributed by atoms with E-state index in [1.807, 2.05) is 6.07 Å². The second-order valence-corrected chi connectivity index (χ2v) is 5.83. The Kier molecular flexibility index (Phi) is 3.31. The van der Waals surface area contributed by atoms with E-state index in [2.05, 4.69) is 36.6 Å². The fourth-order valence-electron chi connectivity index (χ4n) is 3.00. The molecule has 0 radical (unpaired) electrons. The predicted octanol–water partition coefficient (Wildman–Crippen LogP) is 2.97. The SMILES string of the molecule is CCn1c(CC(N)C(C)C2CC2)nc2ccccc21. The van der Waals surface area contributed by atoms with E-state index in [0.29, 0.717) is 5.92 Å². The van der Waals surface area contributed by atoms with Gasteiger partial charge in [0, 0.05) is 19.0 Å². The Morgan fingerprint density at radius 2 is 2.11 bits per heavy atom. The Morgan fingerprint density at radius 1 is 1.37 bits per heavy atom. The van der Waals surface area contributed by atoms with Crippen LogP contribution in [0.15, 0.2) is 24.3 Å². The van der Waals surface area contributed by atoms with Gasteiger partial charge in [0.25, 0.3) is 0 Å². The van der Waals surface area contributed by atoms with Gasteiger partial charge in [-0.05, 0) is 43.7 Å². The van der Waals surface area contributed by atoms with E-state index in [-0.39, 0.29) is 6.04 Å². The summed E-state index contributed by atoms with van der Waals surface area (Å²) >= 11 is 0.